The van der Waals surface area contributed by atoms with E-state index in [1.165, 1.54) is 51.7 Å². The van der Waals surface area contributed by atoms with Crippen LogP contribution in [0.4, 0.5) is 0 Å². The molecule has 0 fully saturated rings. The molecule has 122 valence electrons. The van der Waals surface area contributed by atoms with Gasteiger partial charge in [-0.1, -0.05) is 48.0 Å². The molecule has 0 aliphatic heterocycles. The Morgan fingerprint density at radius 2 is 1.35 bits per heavy atom. The Morgan fingerprint density at radius 1 is 0.850 bits per heavy atom. The summed E-state index contributed by atoms with van der Waals surface area (Å²) in [4.78, 5) is 2.68. The van der Waals surface area contributed by atoms with Crippen molar-refractivity contribution >= 4 is 0 Å². The van der Waals surface area contributed by atoms with Crippen LogP contribution in [0, 0.1) is 17.3 Å². The van der Waals surface area contributed by atoms with Gasteiger partial charge >= 0.3 is 0 Å². The zero-order valence-electron chi connectivity index (χ0n) is 15.0. The van der Waals surface area contributed by atoms with Crippen molar-refractivity contribution in [1.29, 1.82) is 0 Å². The fourth-order valence-electron chi connectivity index (χ4n) is 2.26. The first-order chi connectivity index (χ1) is 9.26. The average Bonchev–Trinajstić information content (AvgIpc) is 2.36. The molecule has 0 aromatic heterocycles. The van der Waals surface area contributed by atoms with Crippen molar-refractivity contribution in [3.05, 3.63) is 0 Å². The highest BCUT2D eigenvalue weighted by Crippen LogP contribution is 2.21. The van der Waals surface area contributed by atoms with Crippen LogP contribution in [-0.2, 0) is 0 Å². The second-order valence-electron chi connectivity index (χ2n) is 8.03. The summed E-state index contributed by atoms with van der Waals surface area (Å²) in [6, 6.07) is 0. The lowest BCUT2D eigenvalue weighted by Gasteiger charge is -2.26. The summed E-state index contributed by atoms with van der Waals surface area (Å²) in [6.07, 6.45) is 6.54. The molecule has 0 saturated heterocycles. The molecule has 0 unspecified atom stereocenters. The van der Waals surface area contributed by atoms with Gasteiger partial charge in [0.2, 0.25) is 0 Å². The number of nitrogens with two attached hydrogens (primary N) is 1. The predicted octanol–water partition coefficient (Wildman–Crippen LogP) is 4.54. The van der Waals surface area contributed by atoms with Gasteiger partial charge in [0.15, 0.2) is 0 Å². The van der Waals surface area contributed by atoms with Crippen LogP contribution in [0.5, 0.6) is 0 Å². The van der Waals surface area contributed by atoms with Crippen molar-refractivity contribution in [2.75, 3.05) is 26.2 Å². The van der Waals surface area contributed by atoms with E-state index in [2.05, 4.69) is 46.4 Å². The SMILES string of the molecule is CC(C)CCN(CCCCC(C)(C)CN)CCC(C)C. The third-order valence-corrected chi connectivity index (χ3v) is 4.18. The number of hydrogen-bond acceptors (Lipinski definition) is 2. The molecule has 0 spiro atoms. The maximum Gasteiger partial charge on any atom is -0.00163 e. The first-order valence-corrected chi connectivity index (χ1v) is 8.69. The lowest BCUT2D eigenvalue weighted by molar-refractivity contribution is 0.231. The number of nitrogens with zero attached hydrogens (tertiary/aromatic N) is 1. The third kappa shape index (κ3) is 11.7. The Labute approximate surface area is 128 Å². The molecule has 0 aromatic carbocycles. The first-order valence-electron chi connectivity index (χ1n) is 8.69. The first kappa shape index (κ1) is 19.9. The van der Waals surface area contributed by atoms with Crippen LogP contribution >= 0.6 is 0 Å². The van der Waals surface area contributed by atoms with Crippen molar-refractivity contribution < 1.29 is 0 Å². The Hall–Kier alpha value is -0.0800. The van der Waals surface area contributed by atoms with Gasteiger partial charge < -0.3 is 10.6 Å². The van der Waals surface area contributed by atoms with Crippen LogP contribution in [-0.4, -0.2) is 31.1 Å². The highest BCUT2D eigenvalue weighted by Gasteiger charge is 2.15. The van der Waals surface area contributed by atoms with E-state index in [9.17, 15) is 0 Å². The van der Waals surface area contributed by atoms with Crippen molar-refractivity contribution in [3.8, 4) is 0 Å². The Bertz CT molecular complexity index is 209. The van der Waals surface area contributed by atoms with Gasteiger partial charge in [-0.3, -0.25) is 0 Å². The van der Waals surface area contributed by atoms with E-state index >= 15 is 0 Å². The summed E-state index contributed by atoms with van der Waals surface area (Å²) < 4.78 is 0. The molecule has 0 saturated carbocycles. The minimum atomic E-state index is 0.320. The molecule has 20 heavy (non-hydrogen) atoms. The molecular weight excluding hydrogens is 244 g/mol. The van der Waals surface area contributed by atoms with Gasteiger partial charge in [0.05, 0.1) is 0 Å². The van der Waals surface area contributed by atoms with Crippen LogP contribution in [0.3, 0.4) is 0 Å². The van der Waals surface area contributed by atoms with E-state index in [0.29, 0.717) is 5.41 Å². The normalized spacial score (nSPS) is 12.9. The van der Waals surface area contributed by atoms with Gasteiger partial charge in [-0.05, 0) is 69.1 Å². The highest BCUT2D eigenvalue weighted by atomic mass is 15.1. The molecule has 2 N–H and O–H groups in total. The molecule has 0 aliphatic carbocycles. The summed E-state index contributed by atoms with van der Waals surface area (Å²) in [5, 5.41) is 0. The summed E-state index contributed by atoms with van der Waals surface area (Å²) in [6.45, 7) is 18.5. The standard InChI is InChI=1S/C18H40N2/c1-16(2)9-13-20(14-10-17(3)4)12-8-7-11-18(5,6)15-19/h16-17H,7-15,19H2,1-6H3. The smallest absolute Gasteiger partial charge is 0.00163 e. The van der Waals surface area contributed by atoms with E-state index in [4.69, 9.17) is 5.73 Å². The summed E-state index contributed by atoms with van der Waals surface area (Å²) >= 11 is 0. The Kier molecular flexibility index (Phi) is 10.6. The fourth-order valence-corrected chi connectivity index (χ4v) is 2.26. The van der Waals surface area contributed by atoms with Crippen molar-refractivity contribution in [2.45, 2.75) is 73.6 Å². The van der Waals surface area contributed by atoms with E-state index in [0.717, 1.165) is 18.4 Å². The minimum absolute atomic E-state index is 0.320. The van der Waals surface area contributed by atoms with E-state index < -0.39 is 0 Å². The second kappa shape index (κ2) is 10.6. The molecule has 0 aliphatic rings. The monoisotopic (exact) mass is 284 g/mol. The lowest BCUT2D eigenvalue weighted by atomic mass is 9.87. The highest BCUT2D eigenvalue weighted by molar-refractivity contribution is 4.70. The van der Waals surface area contributed by atoms with Gasteiger partial charge in [0.1, 0.15) is 0 Å². The largest absolute Gasteiger partial charge is 0.330 e. The number of unbranched alkanes of at least 4 members (excludes halogenated alkanes) is 1. The topological polar surface area (TPSA) is 29.3 Å². The van der Waals surface area contributed by atoms with Gasteiger partial charge in [0, 0.05) is 0 Å². The van der Waals surface area contributed by atoms with Crippen LogP contribution < -0.4 is 5.73 Å². The molecule has 0 radical (unpaired) electrons. The summed E-state index contributed by atoms with van der Waals surface area (Å²) in [5.74, 6) is 1.63. The molecular formula is C18H40N2. The van der Waals surface area contributed by atoms with Crippen molar-refractivity contribution in [2.24, 2.45) is 23.0 Å². The molecule has 0 atom stereocenters. The molecule has 0 bridgehead atoms. The van der Waals surface area contributed by atoms with Crippen molar-refractivity contribution in [3.63, 3.8) is 0 Å². The van der Waals surface area contributed by atoms with E-state index in [1.807, 2.05) is 0 Å². The Morgan fingerprint density at radius 3 is 1.75 bits per heavy atom. The number of rotatable bonds is 12. The molecule has 0 heterocycles. The molecule has 2 heteroatoms. The predicted molar refractivity (Wildman–Crippen MR) is 92.0 cm³/mol. The van der Waals surface area contributed by atoms with Gasteiger partial charge in [-0.2, -0.15) is 0 Å². The fraction of sp³-hybridized carbons (Fsp3) is 1.00. The summed E-state index contributed by atoms with van der Waals surface area (Å²) in [7, 11) is 0. The van der Waals surface area contributed by atoms with E-state index in [-0.39, 0.29) is 0 Å². The maximum atomic E-state index is 5.80. The van der Waals surface area contributed by atoms with E-state index in [1.54, 1.807) is 0 Å². The quantitative estimate of drug-likeness (QED) is 0.533. The molecule has 2 nitrogen and oxygen atoms in total. The van der Waals surface area contributed by atoms with Crippen LogP contribution in [0.1, 0.15) is 73.6 Å². The zero-order valence-corrected chi connectivity index (χ0v) is 15.0. The molecule has 0 aromatic rings. The minimum Gasteiger partial charge on any atom is -0.330 e. The van der Waals surface area contributed by atoms with Gasteiger partial charge in [0.25, 0.3) is 0 Å². The van der Waals surface area contributed by atoms with Crippen LogP contribution in [0.25, 0.3) is 0 Å². The summed E-state index contributed by atoms with van der Waals surface area (Å²) in [5.41, 5.74) is 6.12. The van der Waals surface area contributed by atoms with Gasteiger partial charge in [-0.15, -0.1) is 0 Å². The van der Waals surface area contributed by atoms with Crippen LogP contribution in [0.2, 0.25) is 0 Å². The number of hydrogen-bond donors (Lipinski definition) is 1. The second-order valence-corrected chi connectivity index (χ2v) is 8.03. The molecule has 0 amide bonds. The van der Waals surface area contributed by atoms with Crippen molar-refractivity contribution in [1.82, 2.24) is 4.90 Å². The third-order valence-electron chi connectivity index (χ3n) is 4.18. The zero-order chi connectivity index (χ0) is 15.6. The van der Waals surface area contributed by atoms with Gasteiger partial charge in [-0.25, -0.2) is 0 Å². The van der Waals surface area contributed by atoms with Crippen LogP contribution in [0.15, 0.2) is 0 Å². The lowest BCUT2D eigenvalue weighted by Crippen LogP contribution is -2.29. The Balaban J connectivity index is 3.95. The maximum absolute atomic E-state index is 5.80. The average molecular weight is 285 g/mol. The molecule has 0 rings (SSSR count).